The van der Waals surface area contributed by atoms with Gasteiger partial charge in [-0.3, -0.25) is 15.1 Å². The number of non-ortho nitro benzene ring substituents is 1. The summed E-state index contributed by atoms with van der Waals surface area (Å²) in [4.78, 5) is 14.0. The first-order valence-corrected chi connectivity index (χ1v) is 4.80. The molecule has 0 radical (unpaired) electrons. The van der Waals surface area contributed by atoms with Gasteiger partial charge in [0.05, 0.1) is 10.5 Å². The average Bonchev–Trinajstić information content (AvgIpc) is 2.39. The zero-order chi connectivity index (χ0) is 12.3. The van der Waals surface area contributed by atoms with Gasteiger partial charge in [0.1, 0.15) is 6.07 Å². The standard InChI is InChI=1S/C12H7N3O2/c13-6-9-5-11(8-14-7-9)10-1-3-12(4-2-10)15(16)17/h1-5,7-8H. The summed E-state index contributed by atoms with van der Waals surface area (Å²) in [6.45, 7) is 0. The van der Waals surface area contributed by atoms with Crippen LogP contribution in [-0.2, 0) is 0 Å². The van der Waals surface area contributed by atoms with Gasteiger partial charge in [-0.2, -0.15) is 5.26 Å². The highest BCUT2D eigenvalue weighted by Gasteiger charge is 2.05. The van der Waals surface area contributed by atoms with Crippen molar-refractivity contribution in [1.82, 2.24) is 4.98 Å². The Labute approximate surface area is 97.1 Å². The van der Waals surface area contributed by atoms with E-state index < -0.39 is 4.92 Å². The predicted molar refractivity (Wildman–Crippen MR) is 61.0 cm³/mol. The van der Waals surface area contributed by atoms with Crippen molar-refractivity contribution in [2.24, 2.45) is 0 Å². The molecule has 0 atom stereocenters. The summed E-state index contributed by atoms with van der Waals surface area (Å²) in [5.41, 5.74) is 2.05. The molecule has 0 N–H and O–H groups in total. The third-order valence-corrected chi connectivity index (χ3v) is 2.28. The fourth-order valence-electron chi connectivity index (χ4n) is 1.43. The summed E-state index contributed by atoms with van der Waals surface area (Å²) in [6.07, 6.45) is 3.08. The Kier molecular flexibility index (Phi) is 2.79. The Morgan fingerprint density at radius 2 is 1.88 bits per heavy atom. The summed E-state index contributed by atoms with van der Waals surface area (Å²) >= 11 is 0. The van der Waals surface area contributed by atoms with Crippen LogP contribution >= 0.6 is 0 Å². The van der Waals surface area contributed by atoms with Crippen molar-refractivity contribution in [1.29, 1.82) is 5.26 Å². The van der Waals surface area contributed by atoms with E-state index in [2.05, 4.69) is 4.98 Å². The molecule has 2 aromatic rings. The van der Waals surface area contributed by atoms with Crippen LogP contribution in [0.15, 0.2) is 42.7 Å². The SMILES string of the molecule is N#Cc1cncc(-c2ccc([N+](=O)[O-])cc2)c1. The zero-order valence-electron chi connectivity index (χ0n) is 8.70. The quantitative estimate of drug-likeness (QED) is 0.581. The fraction of sp³-hybridized carbons (Fsp3) is 0. The van der Waals surface area contributed by atoms with Crippen LogP contribution in [0.5, 0.6) is 0 Å². The Morgan fingerprint density at radius 3 is 2.47 bits per heavy atom. The highest BCUT2D eigenvalue weighted by Crippen LogP contribution is 2.22. The normalized spacial score (nSPS) is 9.59. The topological polar surface area (TPSA) is 79.8 Å². The molecular formula is C12H7N3O2. The van der Waals surface area contributed by atoms with Crippen LogP contribution in [0.2, 0.25) is 0 Å². The number of nitriles is 1. The van der Waals surface area contributed by atoms with Crippen LogP contribution in [0.25, 0.3) is 11.1 Å². The third kappa shape index (κ3) is 2.26. The number of hydrogen-bond acceptors (Lipinski definition) is 4. The van der Waals surface area contributed by atoms with Crippen LogP contribution < -0.4 is 0 Å². The van der Waals surface area contributed by atoms with E-state index in [0.717, 1.165) is 11.1 Å². The summed E-state index contributed by atoms with van der Waals surface area (Å²) < 4.78 is 0. The monoisotopic (exact) mass is 225 g/mol. The van der Waals surface area contributed by atoms with Gasteiger partial charge in [0.15, 0.2) is 0 Å². The molecule has 5 heteroatoms. The molecule has 0 spiro atoms. The van der Waals surface area contributed by atoms with Crippen LogP contribution in [-0.4, -0.2) is 9.91 Å². The number of nitro groups is 1. The van der Waals surface area contributed by atoms with Crippen LogP contribution in [0.1, 0.15) is 5.56 Å². The number of aromatic nitrogens is 1. The molecule has 1 aromatic heterocycles. The number of rotatable bonds is 2. The molecule has 0 aliphatic heterocycles. The number of nitrogens with zero attached hydrogens (tertiary/aromatic N) is 3. The Bertz CT molecular complexity index is 600. The molecule has 0 bridgehead atoms. The number of nitro benzene ring substituents is 1. The minimum absolute atomic E-state index is 0.0400. The molecule has 1 heterocycles. The van der Waals surface area contributed by atoms with Gasteiger partial charge >= 0.3 is 0 Å². The summed E-state index contributed by atoms with van der Waals surface area (Å²) in [7, 11) is 0. The molecule has 0 saturated heterocycles. The Balaban J connectivity index is 2.40. The molecule has 0 aliphatic rings. The number of hydrogen-bond donors (Lipinski definition) is 0. The van der Waals surface area contributed by atoms with Crippen molar-refractivity contribution in [2.75, 3.05) is 0 Å². The molecule has 0 aliphatic carbocycles. The van der Waals surface area contributed by atoms with E-state index >= 15 is 0 Å². The summed E-state index contributed by atoms with van der Waals surface area (Å²) in [6, 6.07) is 9.81. The van der Waals surface area contributed by atoms with Crippen molar-refractivity contribution in [3.8, 4) is 17.2 Å². The van der Waals surface area contributed by atoms with E-state index in [1.54, 1.807) is 24.4 Å². The van der Waals surface area contributed by atoms with E-state index in [4.69, 9.17) is 5.26 Å². The molecule has 82 valence electrons. The zero-order valence-corrected chi connectivity index (χ0v) is 8.70. The minimum Gasteiger partial charge on any atom is -0.263 e. The molecule has 5 nitrogen and oxygen atoms in total. The van der Waals surface area contributed by atoms with Gasteiger partial charge in [0.25, 0.3) is 5.69 Å². The van der Waals surface area contributed by atoms with E-state index in [-0.39, 0.29) is 5.69 Å². The Hall–Kier alpha value is -2.74. The lowest BCUT2D eigenvalue weighted by atomic mass is 10.1. The van der Waals surface area contributed by atoms with Gasteiger partial charge < -0.3 is 0 Å². The van der Waals surface area contributed by atoms with E-state index in [1.165, 1.54) is 18.3 Å². The smallest absolute Gasteiger partial charge is 0.263 e. The van der Waals surface area contributed by atoms with Crippen molar-refractivity contribution in [3.63, 3.8) is 0 Å². The van der Waals surface area contributed by atoms with Gasteiger partial charge in [0.2, 0.25) is 0 Å². The number of benzene rings is 1. The first kappa shape index (κ1) is 10.8. The highest BCUT2D eigenvalue weighted by atomic mass is 16.6. The molecule has 1 aromatic carbocycles. The summed E-state index contributed by atoms with van der Waals surface area (Å²) in [5.74, 6) is 0. The number of pyridine rings is 1. The molecule has 2 rings (SSSR count). The van der Waals surface area contributed by atoms with Gasteiger partial charge in [0, 0.05) is 30.1 Å². The van der Waals surface area contributed by atoms with Crippen LogP contribution in [0, 0.1) is 21.4 Å². The lowest BCUT2D eigenvalue weighted by Crippen LogP contribution is -1.88. The maximum Gasteiger partial charge on any atom is 0.269 e. The maximum absolute atomic E-state index is 10.5. The molecule has 0 amide bonds. The Morgan fingerprint density at radius 1 is 1.18 bits per heavy atom. The van der Waals surface area contributed by atoms with Crippen molar-refractivity contribution >= 4 is 5.69 Å². The van der Waals surface area contributed by atoms with Crippen molar-refractivity contribution in [2.45, 2.75) is 0 Å². The van der Waals surface area contributed by atoms with Gasteiger partial charge in [-0.1, -0.05) is 0 Å². The van der Waals surface area contributed by atoms with E-state index in [0.29, 0.717) is 5.56 Å². The first-order chi connectivity index (χ1) is 8.20. The lowest BCUT2D eigenvalue weighted by molar-refractivity contribution is -0.384. The highest BCUT2D eigenvalue weighted by molar-refractivity contribution is 5.65. The molecule has 0 fully saturated rings. The second kappa shape index (κ2) is 4.41. The fourth-order valence-corrected chi connectivity index (χ4v) is 1.43. The summed E-state index contributed by atoms with van der Waals surface area (Å²) in [5, 5.41) is 19.2. The molecule has 17 heavy (non-hydrogen) atoms. The second-order valence-electron chi connectivity index (χ2n) is 3.38. The molecule has 0 saturated carbocycles. The third-order valence-electron chi connectivity index (χ3n) is 2.28. The van der Waals surface area contributed by atoms with Crippen LogP contribution in [0.3, 0.4) is 0 Å². The van der Waals surface area contributed by atoms with E-state index in [1.807, 2.05) is 6.07 Å². The minimum atomic E-state index is -0.451. The molecule has 0 unspecified atom stereocenters. The first-order valence-electron chi connectivity index (χ1n) is 4.80. The van der Waals surface area contributed by atoms with Gasteiger partial charge in [-0.05, 0) is 23.8 Å². The van der Waals surface area contributed by atoms with Gasteiger partial charge in [-0.25, -0.2) is 0 Å². The van der Waals surface area contributed by atoms with Crippen molar-refractivity contribution in [3.05, 3.63) is 58.4 Å². The maximum atomic E-state index is 10.5. The molecular weight excluding hydrogens is 218 g/mol. The lowest BCUT2D eigenvalue weighted by Gasteiger charge is -2.00. The predicted octanol–water partition coefficient (Wildman–Crippen LogP) is 2.53. The van der Waals surface area contributed by atoms with Crippen LogP contribution in [0.4, 0.5) is 5.69 Å². The van der Waals surface area contributed by atoms with Crippen molar-refractivity contribution < 1.29 is 4.92 Å². The largest absolute Gasteiger partial charge is 0.269 e. The van der Waals surface area contributed by atoms with E-state index in [9.17, 15) is 10.1 Å². The average molecular weight is 225 g/mol. The second-order valence-corrected chi connectivity index (χ2v) is 3.38. The van der Waals surface area contributed by atoms with Gasteiger partial charge in [-0.15, -0.1) is 0 Å².